The Kier molecular flexibility index (Phi) is 5.61. The van der Waals surface area contributed by atoms with Gasteiger partial charge >= 0.3 is 0 Å². The Morgan fingerprint density at radius 3 is 2.67 bits per heavy atom. The fourth-order valence-electron chi connectivity index (χ4n) is 8.77. The highest BCUT2D eigenvalue weighted by Gasteiger charge is 2.74. The van der Waals surface area contributed by atoms with Crippen molar-refractivity contribution in [3.8, 4) is 11.5 Å². The minimum absolute atomic E-state index is 0. The molecule has 4 atom stereocenters. The van der Waals surface area contributed by atoms with E-state index in [4.69, 9.17) is 9.47 Å². The third-order valence-electron chi connectivity index (χ3n) is 10.2. The number of ether oxygens (including phenoxy) is 2. The lowest BCUT2D eigenvalue weighted by molar-refractivity contribution is -0.202. The lowest BCUT2D eigenvalue weighted by Gasteiger charge is -2.64. The van der Waals surface area contributed by atoms with Crippen LogP contribution in [0.25, 0.3) is 10.9 Å². The third kappa shape index (κ3) is 3.04. The van der Waals surface area contributed by atoms with Crippen LogP contribution in [0.3, 0.4) is 0 Å². The number of hydrogen-bond donors (Lipinski definition) is 1. The van der Waals surface area contributed by atoms with Crippen molar-refractivity contribution in [3.05, 3.63) is 94.7 Å². The highest BCUT2D eigenvalue weighted by Crippen LogP contribution is 2.70. The number of nitrogens with zero attached hydrogens (tertiary/aromatic N) is 2. The fraction of sp³-hybridized carbons (Fsp3) is 0.394. The molecule has 0 unspecified atom stereocenters. The van der Waals surface area contributed by atoms with Crippen molar-refractivity contribution in [2.45, 2.75) is 55.8 Å². The van der Waals surface area contributed by atoms with Crippen LogP contribution in [0.1, 0.15) is 47.4 Å². The number of phenolic OH excluding ortho intramolecular Hbond substituents is 1. The van der Waals surface area contributed by atoms with Gasteiger partial charge in [-0.1, -0.05) is 54.6 Å². The van der Waals surface area contributed by atoms with Gasteiger partial charge in [0.1, 0.15) is 5.60 Å². The Morgan fingerprint density at radius 2 is 1.85 bits per heavy atom. The molecule has 1 saturated heterocycles. The van der Waals surface area contributed by atoms with Crippen molar-refractivity contribution in [2.75, 3.05) is 19.7 Å². The molecule has 4 aromatic rings. The summed E-state index contributed by atoms with van der Waals surface area (Å²) in [6, 6.07) is 23.8. The SMILES string of the molecule is CCO[C@@]12Cc3c(n(C)c4ccccc34)[C@@H]3Oc4c(O)ccc5c4[C@@]31CCN(CCc1ccccc1)[C@@H]2C5.Cl. The second-order valence-corrected chi connectivity index (χ2v) is 11.6. The normalized spacial score (nSPS) is 27.9. The number of rotatable bonds is 5. The van der Waals surface area contributed by atoms with E-state index < -0.39 is 5.60 Å². The lowest BCUT2D eigenvalue weighted by Crippen LogP contribution is -2.75. The van der Waals surface area contributed by atoms with E-state index >= 15 is 0 Å². The molecular formula is C33H35ClN2O3. The summed E-state index contributed by atoms with van der Waals surface area (Å²) in [5, 5.41) is 12.4. The quantitative estimate of drug-likeness (QED) is 0.342. The van der Waals surface area contributed by atoms with Crippen molar-refractivity contribution >= 4 is 23.3 Å². The van der Waals surface area contributed by atoms with Crippen LogP contribution in [-0.2, 0) is 36.5 Å². The number of phenols is 1. The molecule has 1 fully saturated rings. The van der Waals surface area contributed by atoms with E-state index in [9.17, 15) is 5.11 Å². The maximum absolute atomic E-state index is 11.1. The van der Waals surface area contributed by atoms with Crippen LogP contribution in [0, 0.1) is 0 Å². The smallest absolute Gasteiger partial charge is 0.166 e. The van der Waals surface area contributed by atoms with E-state index in [1.165, 1.54) is 38.9 Å². The first-order chi connectivity index (χ1) is 18.6. The first kappa shape index (κ1) is 25.0. The molecule has 1 N–H and O–H groups in total. The van der Waals surface area contributed by atoms with Gasteiger partial charge in [0, 0.05) is 49.1 Å². The van der Waals surface area contributed by atoms with Crippen molar-refractivity contribution in [2.24, 2.45) is 7.05 Å². The molecule has 3 aromatic carbocycles. The van der Waals surface area contributed by atoms with E-state index in [1.54, 1.807) is 0 Å². The number of fused-ring (bicyclic) bond motifs is 4. The van der Waals surface area contributed by atoms with E-state index in [2.05, 4.69) is 84.1 Å². The van der Waals surface area contributed by atoms with Crippen molar-refractivity contribution in [3.63, 3.8) is 0 Å². The first-order valence-electron chi connectivity index (χ1n) is 14.1. The number of likely N-dealkylation sites (tertiary alicyclic amines) is 1. The van der Waals surface area contributed by atoms with Gasteiger partial charge < -0.3 is 19.1 Å². The summed E-state index contributed by atoms with van der Waals surface area (Å²) in [5.41, 5.74) is 6.99. The van der Waals surface area contributed by atoms with E-state index in [1.807, 2.05) is 6.07 Å². The van der Waals surface area contributed by atoms with Crippen molar-refractivity contribution in [1.82, 2.24) is 9.47 Å². The summed E-state index contributed by atoms with van der Waals surface area (Å²) in [5.74, 6) is 0.939. The number of benzene rings is 3. The monoisotopic (exact) mass is 542 g/mol. The minimum atomic E-state index is -0.426. The van der Waals surface area contributed by atoms with Crippen LogP contribution in [0.4, 0.5) is 0 Å². The van der Waals surface area contributed by atoms with Gasteiger partial charge in [-0.15, -0.1) is 12.4 Å². The minimum Gasteiger partial charge on any atom is -0.504 e. The van der Waals surface area contributed by atoms with E-state index in [-0.39, 0.29) is 35.7 Å². The Hall–Kier alpha value is -2.99. The molecular weight excluding hydrogens is 508 g/mol. The third-order valence-corrected chi connectivity index (χ3v) is 10.2. The molecule has 0 saturated carbocycles. The maximum Gasteiger partial charge on any atom is 0.166 e. The zero-order valence-electron chi connectivity index (χ0n) is 22.5. The van der Waals surface area contributed by atoms with Crippen LogP contribution in [0.5, 0.6) is 11.5 Å². The Labute approximate surface area is 235 Å². The highest BCUT2D eigenvalue weighted by atomic mass is 35.5. The van der Waals surface area contributed by atoms with Gasteiger partial charge in [0.05, 0.1) is 11.1 Å². The van der Waals surface area contributed by atoms with Crippen LogP contribution in [0.15, 0.2) is 66.7 Å². The molecule has 3 heterocycles. The van der Waals surface area contributed by atoms with Gasteiger partial charge in [-0.05, 0) is 61.6 Å². The predicted octanol–water partition coefficient (Wildman–Crippen LogP) is 5.88. The summed E-state index contributed by atoms with van der Waals surface area (Å²) in [6.45, 7) is 4.80. The first-order valence-corrected chi connectivity index (χ1v) is 14.1. The second kappa shape index (κ2) is 8.76. The molecule has 4 aliphatic rings. The zero-order valence-corrected chi connectivity index (χ0v) is 23.3. The van der Waals surface area contributed by atoms with Gasteiger partial charge in [-0.25, -0.2) is 0 Å². The van der Waals surface area contributed by atoms with Gasteiger partial charge in [-0.3, -0.25) is 4.90 Å². The van der Waals surface area contributed by atoms with Crippen molar-refractivity contribution < 1.29 is 14.6 Å². The Bertz CT molecular complexity index is 1580. The van der Waals surface area contributed by atoms with E-state index in [0.717, 1.165) is 38.8 Å². The fourth-order valence-corrected chi connectivity index (χ4v) is 8.77. The number of piperidine rings is 1. The zero-order chi connectivity index (χ0) is 25.6. The molecule has 2 aliphatic heterocycles. The number of aromatic hydroxyl groups is 1. The second-order valence-electron chi connectivity index (χ2n) is 11.6. The molecule has 202 valence electrons. The lowest BCUT2D eigenvalue weighted by atomic mass is 9.48. The number of aromatic nitrogens is 1. The standard InChI is InChI=1S/C33H34N2O3.ClH/c1-3-37-33-20-24-23-11-7-8-12-25(23)34(2)29(24)31-32(33)16-18-35(17-15-21-9-5-4-6-10-21)27(33)19-22-13-14-26(36)30(38-31)28(22)32;/h4-14,27,31,36H,3,15-20H2,1-2H3;1H/t27-,31+,32+,33-;/m1./s1. The van der Waals surface area contributed by atoms with Crippen LogP contribution < -0.4 is 4.74 Å². The topological polar surface area (TPSA) is 46.9 Å². The molecule has 0 amide bonds. The molecule has 8 rings (SSSR count). The van der Waals surface area contributed by atoms with Gasteiger partial charge in [0.15, 0.2) is 17.6 Å². The summed E-state index contributed by atoms with van der Waals surface area (Å²) in [6.07, 6.45) is 3.57. The number of halogens is 1. The molecule has 2 bridgehead atoms. The molecule has 1 spiro atoms. The summed E-state index contributed by atoms with van der Waals surface area (Å²) in [4.78, 5) is 2.70. The summed E-state index contributed by atoms with van der Waals surface area (Å²) in [7, 11) is 2.17. The number of para-hydroxylation sites is 1. The maximum atomic E-state index is 11.1. The predicted molar refractivity (Wildman–Crippen MR) is 155 cm³/mol. The van der Waals surface area contributed by atoms with Gasteiger partial charge in [0.2, 0.25) is 0 Å². The van der Waals surface area contributed by atoms with Crippen LogP contribution in [0.2, 0.25) is 0 Å². The van der Waals surface area contributed by atoms with Crippen LogP contribution >= 0.6 is 12.4 Å². The molecule has 5 nitrogen and oxygen atoms in total. The van der Waals surface area contributed by atoms with Crippen LogP contribution in [-0.4, -0.2) is 45.9 Å². The largest absolute Gasteiger partial charge is 0.504 e. The van der Waals surface area contributed by atoms with Gasteiger partial charge in [0.25, 0.3) is 0 Å². The average molecular weight is 543 g/mol. The number of hydrogen-bond acceptors (Lipinski definition) is 4. The number of aryl methyl sites for hydroxylation is 1. The average Bonchev–Trinajstić information content (AvgIpc) is 3.42. The summed E-state index contributed by atoms with van der Waals surface area (Å²) < 4.78 is 16.4. The Balaban J connectivity index is 0.00000253. The Morgan fingerprint density at radius 1 is 1.05 bits per heavy atom. The van der Waals surface area contributed by atoms with Crippen molar-refractivity contribution in [1.29, 1.82) is 0 Å². The van der Waals surface area contributed by atoms with Gasteiger partial charge in [-0.2, -0.15) is 0 Å². The molecule has 0 radical (unpaired) electrons. The molecule has 2 aliphatic carbocycles. The molecule has 39 heavy (non-hydrogen) atoms. The highest BCUT2D eigenvalue weighted by molar-refractivity contribution is 5.87. The molecule has 1 aromatic heterocycles. The van der Waals surface area contributed by atoms with E-state index in [0.29, 0.717) is 12.4 Å². The summed E-state index contributed by atoms with van der Waals surface area (Å²) >= 11 is 0. The molecule has 6 heteroatoms.